The van der Waals surface area contributed by atoms with Gasteiger partial charge in [0.25, 0.3) is 11.7 Å². The van der Waals surface area contributed by atoms with Gasteiger partial charge in [0, 0.05) is 11.6 Å². The van der Waals surface area contributed by atoms with Crippen LogP contribution in [0.4, 0.5) is 4.39 Å². The molecule has 1 heterocycles. The van der Waals surface area contributed by atoms with Gasteiger partial charge in [-0.15, -0.1) is 0 Å². The van der Waals surface area contributed by atoms with Gasteiger partial charge in [0.05, 0.1) is 29.3 Å². The number of aliphatic hydroxyl groups is 1. The molecule has 0 radical (unpaired) electrons. The van der Waals surface area contributed by atoms with Crippen molar-refractivity contribution in [3.05, 3.63) is 98.8 Å². The van der Waals surface area contributed by atoms with Crippen LogP contribution in [0.1, 0.15) is 22.7 Å². The van der Waals surface area contributed by atoms with Gasteiger partial charge in [-0.2, -0.15) is 0 Å². The van der Waals surface area contributed by atoms with Crippen LogP contribution in [0.5, 0.6) is 11.5 Å². The summed E-state index contributed by atoms with van der Waals surface area (Å²) in [5, 5.41) is 21.4. The normalized spacial score (nSPS) is 17.3. The lowest BCUT2D eigenvalue weighted by molar-refractivity contribution is -0.140. The van der Waals surface area contributed by atoms with Gasteiger partial charge in [-0.1, -0.05) is 41.4 Å². The number of carbonyl (C=O) groups excluding carboxylic acids is 2. The summed E-state index contributed by atoms with van der Waals surface area (Å²) in [6.45, 7) is -0.0442. The number of halogens is 3. The summed E-state index contributed by atoms with van der Waals surface area (Å²) in [6, 6.07) is 13.2. The Morgan fingerprint density at radius 1 is 1.06 bits per heavy atom. The molecule has 0 spiro atoms. The smallest absolute Gasteiger partial charge is 0.295 e. The second kappa shape index (κ2) is 9.37. The Balaban J connectivity index is 1.92. The zero-order valence-corrected chi connectivity index (χ0v) is 19.3. The maximum absolute atomic E-state index is 13.4. The Bertz CT molecular complexity index is 1320. The number of ether oxygens (including phenoxy) is 1. The number of Topliss-reactive ketones (excluding diaryl/α,β-unsaturated/α-hetero) is 1. The Kier molecular flexibility index (Phi) is 6.50. The van der Waals surface area contributed by atoms with Crippen LogP contribution in [-0.2, 0) is 16.1 Å². The molecule has 0 aromatic heterocycles. The van der Waals surface area contributed by atoms with Crippen molar-refractivity contribution in [1.82, 2.24) is 4.90 Å². The van der Waals surface area contributed by atoms with Crippen LogP contribution in [-0.4, -0.2) is 33.9 Å². The van der Waals surface area contributed by atoms with Gasteiger partial charge >= 0.3 is 0 Å². The fraction of sp³-hybridized carbons (Fsp3) is 0.120. The molecule has 3 aromatic rings. The lowest BCUT2D eigenvalue weighted by Crippen LogP contribution is -2.29. The largest absolute Gasteiger partial charge is 0.507 e. The van der Waals surface area contributed by atoms with E-state index in [-0.39, 0.29) is 39.2 Å². The van der Waals surface area contributed by atoms with E-state index in [1.165, 1.54) is 66.6 Å². The molecule has 1 atom stereocenters. The first-order valence-electron chi connectivity index (χ1n) is 10.1. The number of hydrogen-bond donors (Lipinski definition) is 2. The summed E-state index contributed by atoms with van der Waals surface area (Å²) in [7, 11) is 1.39. The van der Waals surface area contributed by atoms with Crippen molar-refractivity contribution in [2.45, 2.75) is 12.6 Å². The summed E-state index contributed by atoms with van der Waals surface area (Å²) in [4.78, 5) is 27.5. The first-order valence-corrected chi connectivity index (χ1v) is 10.8. The van der Waals surface area contributed by atoms with Crippen molar-refractivity contribution in [3.63, 3.8) is 0 Å². The van der Waals surface area contributed by atoms with Crippen LogP contribution in [0.15, 0.2) is 66.2 Å². The van der Waals surface area contributed by atoms with E-state index in [0.29, 0.717) is 11.1 Å². The zero-order chi connectivity index (χ0) is 24.6. The number of benzene rings is 3. The number of ketones is 1. The second-order valence-electron chi connectivity index (χ2n) is 7.61. The summed E-state index contributed by atoms with van der Waals surface area (Å²) in [5.74, 6) is -2.64. The third kappa shape index (κ3) is 4.32. The van der Waals surface area contributed by atoms with Crippen LogP contribution < -0.4 is 4.74 Å². The summed E-state index contributed by atoms with van der Waals surface area (Å²) >= 11 is 12.2. The van der Waals surface area contributed by atoms with Crippen LogP contribution in [0.2, 0.25) is 10.0 Å². The number of likely N-dealkylation sites (tertiary alicyclic amines) is 1. The van der Waals surface area contributed by atoms with Gasteiger partial charge in [-0.05, 0) is 53.6 Å². The number of rotatable bonds is 5. The number of aliphatic hydroxyl groups excluding tert-OH is 1. The quantitative estimate of drug-likeness (QED) is 0.275. The molecule has 0 bridgehead atoms. The molecule has 0 saturated carbocycles. The maximum atomic E-state index is 13.4. The third-order valence-corrected chi connectivity index (χ3v) is 6.05. The lowest BCUT2D eigenvalue weighted by atomic mass is 9.94. The second-order valence-corrected chi connectivity index (χ2v) is 8.45. The van der Waals surface area contributed by atoms with Crippen molar-refractivity contribution in [2.24, 2.45) is 0 Å². The molecule has 1 fully saturated rings. The summed E-state index contributed by atoms with van der Waals surface area (Å²) in [6.07, 6.45) is 0. The highest BCUT2D eigenvalue weighted by Gasteiger charge is 2.46. The third-order valence-electron chi connectivity index (χ3n) is 5.51. The fourth-order valence-corrected chi connectivity index (χ4v) is 4.24. The van der Waals surface area contributed by atoms with Gasteiger partial charge in [0.15, 0.2) is 0 Å². The lowest BCUT2D eigenvalue weighted by Gasteiger charge is -2.26. The van der Waals surface area contributed by atoms with E-state index < -0.39 is 29.3 Å². The van der Waals surface area contributed by atoms with E-state index in [4.69, 9.17) is 27.9 Å². The van der Waals surface area contributed by atoms with E-state index in [0.717, 1.165) is 0 Å². The van der Waals surface area contributed by atoms with Crippen LogP contribution in [0.25, 0.3) is 5.76 Å². The van der Waals surface area contributed by atoms with Gasteiger partial charge in [0.1, 0.15) is 23.1 Å². The number of phenols is 1. The molecular weight excluding hydrogens is 484 g/mol. The molecule has 6 nitrogen and oxygen atoms in total. The van der Waals surface area contributed by atoms with E-state index >= 15 is 0 Å². The average Bonchev–Trinajstić information content (AvgIpc) is 3.06. The van der Waals surface area contributed by atoms with E-state index in [2.05, 4.69) is 0 Å². The number of amides is 1. The van der Waals surface area contributed by atoms with Gasteiger partial charge in [-0.3, -0.25) is 9.59 Å². The molecule has 1 amide bonds. The predicted molar refractivity (Wildman–Crippen MR) is 125 cm³/mol. The topological polar surface area (TPSA) is 87.1 Å². The number of carbonyl (C=O) groups is 2. The molecule has 1 saturated heterocycles. The van der Waals surface area contributed by atoms with Crippen molar-refractivity contribution < 1.29 is 28.9 Å². The molecule has 174 valence electrons. The summed E-state index contributed by atoms with van der Waals surface area (Å²) in [5.41, 5.74) is 0.879. The summed E-state index contributed by atoms with van der Waals surface area (Å²) < 4.78 is 18.7. The molecule has 34 heavy (non-hydrogen) atoms. The minimum absolute atomic E-state index is 0.00482. The molecule has 2 N–H and O–H groups in total. The van der Waals surface area contributed by atoms with Crippen LogP contribution in [0, 0.1) is 5.82 Å². The molecule has 1 aliphatic rings. The van der Waals surface area contributed by atoms with Gasteiger partial charge < -0.3 is 19.8 Å². The fourth-order valence-electron chi connectivity index (χ4n) is 3.88. The number of aromatic hydroxyl groups is 1. The zero-order valence-electron chi connectivity index (χ0n) is 17.8. The van der Waals surface area contributed by atoms with E-state index in [9.17, 15) is 24.2 Å². The monoisotopic (exact) mass is 501 g/mol. The van der Waals surface area contributed by atoms with Crippen molar-refractivity contribution >= 4 is 40.7 Å². The highest BCUT2D eigenvalue weighted by Crippen LogP contribution is 2.43. The Morgan fingerprint density at radius 3 is 2.41 bits per heavy atom. The van der Waals surface area contributed by atoms with Gasteiger partial charge in [0.2, 0.25) is 0 Å². The minimum Gasteiger partial charge on any atom is -0.507 e. The SMILES string of the molecule is COc1ccc(Cl)cc1/C(O)=C1\C(=O)C(=O)N(Cc2ccc(F)cc2)C1c1ccc(O)c(Cl)c1. The highest BCUT2D eigenvalue weighted by atomic mass is 35.5. The van der Waals surface area contributed by atoms with E-state index in [1.54, 1.807) is 6.07 Å². The molecule has 1 unspecified atom stereocenters. The first-order chi connectivity index (χ1) is 16.2. The van der Waals surface area contributed by atoms with Crippen molar-refractivity contribution in [3.8, 4) is 11.5 Å². The van der Waals surface area contributed by atoms with Crippen LogP contribution in [0.3, 0.4) is 0 Å². The average molecular weight is 502 g/mol. The number of hydrogen-bond acceptors (Lipinski definition) is 5. The van der Waals surface area contributed by atoms with Crippen LogP contribution >= 0.6 is 23.2 Å². The van der Waals surface area contributed by atoms with E-state index in [1.807, 2.05) is 0 Å². The number of nitrogens with zero attached hydrogens (tertiary/aromatic N) is 1. The number of methoxy groups -OCH3 is 1. The Hall–Kier alpha value is -3.55. The molecule has 0 aliphatic carbocycles. The maximum Gasteiger partial charge on any atom is 0.295 e. The minimum atomic E-state index is -1.05. The highest BCUT2D eigenvalue weighted by molar-refractivity contribution is 6.46. The Labute approximate surface area is 204 Å². The van der Waals surface area contributed by atoms with Gasteiger partial charge in [-0.25, -0.2) is 4.39 Å². The molecule has 4 rings (SSSR count). The standard InChI is InChI=1S/C25H18Cl2FNO5/c1-34-20-9-5-15(26)11-17(20)23(31)21-22(14-4-8-19(30)18(27)10-14)29(25(33)24(21)32)12-13-2-6-16(28)7-3-13/h2-11,22,30-31H,12H2,1H3/b23-21+. The Morgan fingerprint density at radius 2 is 1.76 bits per heavy atom. The first kappa shape index (κ1) is 23.6. The van der Waals surface area contributed by atoms with Crippen molar-refractivity contribution in [2.75, 3.05) is 7.11 Å². The molecular formula is C25H18Cl2FNO5. The molecule has 9 heteroatoms. The molecule has 1 aliphatic heterocycles. The molecule has 3 aromatic carbocycles. The number of phenolic OH excluding ortho intramolecular Hbond substituents is 1. The van der Waals surface area contributed by atoms with Crippen molar-refractivity contribution in [1.29, 1.82) is 0 Å². The predicted octanol–water partition coefficient (Wildman–Crippen LogP) is 5.47.